The first-order chi connectivity index (χ1) is 11.9. The van der Waals surface area contributed by atoms with Gasteiger partial charge in [-0.15, -0.1) is 12.4 Å². The van der Waals surface area contributed by atoms with Gasteiger partial charge in [-0.2, -0.15) is 0 Å². The quantitative estimate of drug-likeness (QED) is 0.562. The summed E-state index contributed by atoms with van der Waals surface area (Å²) in [4.78, 5) is 14.8. The second-order valence-corrected chi connectivity index (χ2v) is 6.34. The number of fused-ring (bicyclic) bond motifs is 2. The van der Waals surface area contributed by atoms with E-state index in [4.69, 9.17) is 4.42 Å². The van der Waals surface area contributed by atoms with E-state index >= 15 is 0 Å². The van der Waals surface area contributed by atoms with E-state index in [-0.39, 0.29) is 12.4 Å². The van der Waals surface area contributed by atoms with Gasteiger partial charge in [-0.25, -0.2) is 9.97 Å². The number of piperidine rings is 1. The molecule has 1 saturated heterocycles. The van der Waals surface area contributed by atoms with Crippen molar-refractivity contribution in [2.45, 2.75) is 19.3 Å². The predicted molar refractivity (Wildman–Crippen MR) is 102 cm³/mol. The van der Waals surface area contributed by atoms with Crippen molar-refractivity contribution in [3.8, 4) is 11.5 Å². The molecule has 1 N–H and O–H groups in total. The van der Waals surface area contributed by atoms with Gasteiger partial charge in [0.25, 0.3) is 0 Å². The molecular formula is C19H19ClN4O. The third kappa shape index (κ3) is 2.74. The van der Waals surface area contributed by atoms with Crippen LogP contribution in [0.1, 0.15) is 19.3 Å². The van der Waals surface area contributed by atoms with E-state index < -0.39 is 0 Å². The highest BCUT2D eigenvalue weighted by atomic mass is 35.5. The van der Waals surface area contributed by atoms with Gasteiger partial charge in [-0.3, -0.25) is 0 Å². The number of hydrogen-bond acceptors (Lipinski definition) is 4. The fourth-order valence-electron chi connectivity index (χ4n) is 3.52. The first-order valence-electron chi connectivity index (χ1n) is 8.46. The predicted octanol–water partition coefficient (Wildman–Crippen LogP) is 4.78. The van der Waals surface area contributed by atoms with Crippen molar-refractivity contribution in [3.63, 3.8) is 0 Å². The standard InChI is InChI=1S/C19H18N4O.ClH/c1-4-8-23(9-5-1)19-18-15(20-12-21-19)11-14(22-18)17-10-13-6-2-3-7-16(13)24-17;/h2-3,6-7,10-12,22H,1,4-5,8-9H2;1H. The molecule has 1 aliphatic heterocycles. The number of hydrogen-bond donors (Lipinski definition) is 1. The van der Waals surface area contributed by atoms with Crippen molar-refractivity contribution in [1.82, 2.24) is 15.0 Å². The molecule has 1 aromatic carbocycles. The number of rotatable bonds is 2. The third-order valence-electron chi connectivity index (χ3n) is 4.74. The molecule has 0 spiro atoms. The van der Waals surface area contributed by atoms with Crippen LogP contribution in [-0.2, 0) is 0 Å². The average Bonchev–Trinajstić information content (AvgIpc) is 3.26. The summed E-state index contributed by atoms with van der Waals surface area (Å²) in [6, 6.07) is 12.2. The molecule has 1 fully saturated rings. The highest BCUT2D eigenvalue weighted by molar-refractivity contribution is 5.91. The highest BCUT2D eigenvalue weighted by Gasteiger charge is 2.18. The van der Waals surface area contributed by atoms with Crippen LogP contribution in [0.4, 0.5) is 5.82 Å². The van der Waals surface area contributed by atoms with Crippen molar-refractivity contribution < 1.29 is 4.42 Å². The van der Waals surface area contributed by atoms with Crippen LogP contribution >= 0.6 is 12.4 Å². The minimum atomic E-state index is 0. The summed E-state index contributed by atoms with van der Waals surface area (Å²) in [5.74, 6) is 1.83. The van der Waals surface area contributed by atoms with E-state index in [9.17, 15) is 0 Å². The Balaban J connectivity index is 0.00000157. The second-order valence-electron chi connectivity index (χ2n) is 6.34. The topological polar surface area (TPSA) is 58.0 Å². The summed E-state index contributed by atoms with van der Waals surface area (Å²) in [5.41, 5.74) is 3.77. The zero-order valence-corrected chi connectivity index (χ0v) is 14.6. The lowest BCUT2D eigenvalue weighted by atomic mass is 10.1. The highest BCUT2D eigenvalue weighted by Crippen LogP contribution is 2.32. The number of benzene rings is 1. The molecule has 1 aliphatic rings. The Bertz CT molecular complexity index is 984. The molecule has 5 rings (SSSR count). The molecule has 6 heteroatoms. The minimum absolute atomic E-state index is 0. The van der Waals surface area contributed by atoms with Gasteiger partial charge in [0.15, 0.2) is 11.6 Å². The Kier molecular flexibility index (Phi) is 4.09. The van der Waals surface area contributed by atoms with Crippen molar-refractivity contribution in [3.05, 3.63) is 42.7 Å². The zero-order chi connectivity index (χ0) is 15.9. The maximum Gasteiger partial charge on any atom is 0.156 e. The fourth-order valence-corrected chi connectivity index (χ4v) is 3.52. The van der Waals surface area contributed by atoms with Gasteiger partial charge in [0.05, 0.1) is 11.2 Å². The Hall–Kier alpha value is -2.53. The van der Waals surface area contributed by atoms with E-state index in [1.165, 1.54) is 19.3 Å². The molecule has 128 valence electrons. The lowest BCUT2D eigenvalue weighted by Gasteiger charge is -2.27. The first-order valence-corrected chi connectivity index (χ1v) is 8.46. The third-order valence-corrected chi connectivity index (χ3v) is 4.74. The fraction of sp³-hybridized carbons (Fsp3) is 0.263. The van der Waals surface area contributed by atoms with Gasteiger partial charge in [0.1, 0.15) is 17.4 Å². The molecule has 0 unspecified atom stereocenters. The SMILES string of the molecule is Cl.c1ccc2oc(-c3cc4ncnc(N5CCCCC5)c4[nH]3)cc2c1. The van der Waals surface area contributed by atoms with Gasteiger partial charge in [0.2, 0.25) is 0 Å². The van der Waals surface area contributed by atoms with Gasteiger partial charge in [-0.1, -0.05) is 18.2 Å². The summed E-state index contributed by atoms with van der Waals surface area (Å²) >= 11 is 0. The number of aromatic nitrogens is 3. The van der Waals surface area contributed by atoms with Crippen LogP contribution in [0.5, 0.6) is 0 Å². The van der Waals surface area contributed by atoms with Crippen LogP contribution in [-0.4, -0.2) is 28.0 Å². The molecule has 3 aromatic heterocycles. The molecule has 0 saturated carbocycles. The second kappa shape index (κ2) is 6.41. The molecule has 0 amide bonds. The van der Waals surface area contributed by atoms with Gasteiger partial charge in [0, 0.05) is 18.5 Å². The Morgan fingerprint density at radius 2 is 1.84 bits per heavy atom. The Labute approximate surface area is 151 Å². The summed E-state index contributed by atoms with van der Waals surface area (Å²) in [6.07, 6.45) is 5.41. The van der Waals surface area contributed by atoms with E-state index in [1.807, 2.05) is 24.3 Å². The summed E-state index contributed by atoms with van der Waals surface area (Å²) in [6.45, 7) is 2.12. The maximum atomic E-state index is 5.98. The molecule has 0 bridgehead atoms. The number of aromatic amines is 1. The van der Waals surface area contributed by atoms with Crippen LogP contribution in [0.3, 0.4) is 0 Å². The summed E-state index contributed by atoms with van der Waals surface area (Å²) < 4.78 is 5.98. The number of nitrogens with zero attached hydrogens (tertiary/aromatic N) is 3. The Morgan fingerprint density at radius 1 is 1.00 bits per heavy atom. The number of furan rings is 1. The van der Waals surface area contributed by atoms with E-state index in [1.54, 1.807) is 6.33 Å². The lowest BCUT2D eigenvalue weighted by Crippen LogP contribution is -2.30. The van der Waals surface area contributed by atoms with Crippen LogP contribution in [0, 0.1) is 0 Å². The normalized spacial score (nSPS) is 14.8. The minimum Gasteiger partial charge on any atom is -0.455 e. The van der Waals surface area contributed by atoms with Crippen LogP contribution in [0.25, 0.3) is 33.5 Å². The molecule has 0 atom stereocenters. The largest absolute Gasteiger partial charge is 0.455 e. The zero-order valence-electron chi connectivity index (χ0n) is 13.7. The molecule has 25 heavy (non-hydrogen) atoms. The monoisotopic (exact) mass is 354 g/mol. The molecule has 5 nitrogen and oxygen atoms in total. The van der Waals surface area contributed by atoms with E-state index in [0.29, 0.717) is 0 Å². The molecule has 4 aromatic rings. The number of anilines is 1. The van der Waals surface area contributed by atoms with Crippen LogP contribution < -0.4 is 4.90 Å². The number of nitrogens with one attached hydrogen (secondary N) is 1. The molecule has 4 heterocycles. The van der Waals surface area contributed by atoms with E-state index in [2.05, 4.69) is 32.0 Å². The van der Waals surface area contributed by atoms with Crippen molar-refractivity contribution in [2.75, 3.05) is 18.0 Å². The first kappa shape index (κ1) is 16.0. The van der Waals surface area contributed by atoms with Crippen molar-refractivity contribution >= 4 is 40.2 Å². The Morgan fingerprint density at radius 3 is 2.68 bits per heavy atom. The van der Waals surface area contributed by atoms with Crippen LogP contribution in [0.15, 0.2) is 47.1 Å². The lowest BCUT2D eigenvalue weighted by molar-refractivity contribution is 0.574. The summed E-state index contributed by atoms with van der Waals surface area (Å²) in [5, 5.41) is 1.11. The van der Waals surface area contributed by atoms with Gasteiger partial charge in [-0.05, 0) is 37.5 Å². The van der Waals surface area contributed by atoms with E-state index in [0.717, 1.165) is 52.4 Å². The summed E-state index contributed by atoms with van der Waals surface area (Å²) in [7, 11) is 0. The molecule has 0 aliphatic carbocycles. The van der Waals surface area contributed by atoms with Crippen LogP contribution in [0.2, 0.25) is 0 Å². The van der Waals surface area contributed by atoms with Crippen molar-refractivity contribution in [2.24, 2.45) is 0 Å². The molecule has 0 radical (unpaired) electrons. The van der Waals surface area contributed by atoms with Gasteiger partial charge >= 0.3 is 0 Å². The number of halogens is 1. The smallest absolute Gasteiger partial charge is 0.156 e. The molecular weight excluding hydrogens is 336 g/mol. The number of para-hydroxylation sites is 1. The van der Waals surface area contributed by atoms with Crippen molar-refractivity contribution in [1.29, 1.82) is 0 Å². The van der Waals surface area contributed by atoms with Gasteiger partial charge < -0.3 is 14.3 Å². The number of H-pyrrole nitrogens is 1. The maximum absolute atomic E-state index is 5.98. The average molecular weight is 355 g/mol.